The van der Waals surface area contributed by atoms with Crippen molar-refractivity contribution >= 4 is 30.0 Å². The number of aryl methyl sites for hydroxylation is 1. The first-order chi connectivity index (χ1) is 16.9. The SMILES string of the molecule is C=C1C=C(c2ccn(-c3ccccn3)c2)Oc2c1cc(C)cc2C(C)[B]c1ccccc1C(=O)O. The van der Waals surface area contributed by atoms with Gasteiger partial charge in [-0.1, -0.05) is 49.3 Å². The predicted molar refractivity (Wildman–Crippen MR) is 140 cm³/mol. The number of benzene rings is 2. The first-order valence-corrected chi connectivity index (χ1v) is 11.4. The summed E-state index contributed by atoms with van der Waals surface area (Å²) in [6.45, 7) is 8.39. The van der Waals surface area contributed by atoms with Crippen LogP contribution >= 0.6 is 0 Å². The van der Waals surface area contributed by atoms with Crippen LogP contribution in [0.2, 0.25) is 0 Å². The standard InChI is InChI=1S/C29H24BN2O3/c1-18-14-23-19(2)16-26(21-11-13-32(17-21)27-10-6-7-12-31-27)35-28(23)24(15-18)20(3)30-25-9-5-4-8-22(25)29(33)34/h4-17,20H,2H2,1,3H3,(H,33,34). The molecule has 5 nitrogen and oxygen atoms in total. The van der Waals surface area contributed by atoms with E-state index in [2.05, 4.69) is 30.6 Å². The van der Waals surface area contributed by atoms with Crippen molar-refractivity contribution in [1.82, 2.24) is 9.55 Å². The van der Waals surface area contributed by atoms with E-state index in [1.807, 2.05) is 73.6 Å². The van der Waals surface area contributed by atoms with Crippen LogP contribution < -0.4 is 10.2 Å². The monoisotopic (exact) mass is 459 g/mol. The molecule has 2 aromatic heterocycles. The van der Waals surface area contributed by atoms with Gasteiger partial charge in [0, 0.05) is 29.7 Å². The van der Waals surface area contributed by atoms with Gasteiger partial charge < -0.3 is 14.4 Å². The number of aromatic nitrogens is 2. The van der Waals surface area contributed by atoms with Crippen LogP contribution in [-0.4, -0.2) is 27.9 Å². The molecule has 1 unspecified atom stereocenters. The van der Waals surface area contributed by atoms with E-state index in [-0.39, 0.29) is 11.4 Å². The van der Waals surface area contributed by atoms with Crippen LogP contribution in [-0.2, 0) is 0 Å². The van der Waals surface area contributed by atoms with Gasteiger partial charge >= 0.3 is 5.97 Å². The molecule has 1 atom stereocenters. The van der Waals surface area contributed by atoms with Crippen LogP contribution in [0.3, 0.4) is 0 Å². The highest BCUT2D eigenvalue weighted by atomic mass is 16.5. The van der Waals surface area contributed by atoms with E-state index < -0.39 is 5.97 Å². The second-order valence-corrected chi connectivity index (χ2v) is 8.71. The molecule has 1 N–H and O–H groups in total. The number of carboxylic acid groups (broad SMARTS) is 1. The van der Waals surface area contributed by atoms with Crippen molar-refractivity contribution in [2.75, 3.05) is 0 Å². The molecule has 3 heterocycles. The van der Waals surface area contributed by atoms with E-state index in [0.717, 1.165) is 39.4 Å². The number of allylic oxidation sites excluding steroid dienone is 2. The summed E-state index contributed by atoms with van der Waals surface area (Å²) in [5.41, 5.74) is 5.77. The molecule has 35 heavy (non-hydrogen) atoms. The third-order valence-electron chi connectivity index (χ3n) is 6.13. The fraction of sp³-hybridized carbons (Fsp3) is 0.103. The lowest BCUT2D eigenvalue weighted by Gasteiger charge is -2.25. The van der Waals surface area contributed by atoms with Gasteiger partial charge in [0.05, 0.1) is 5.56 Å². The van der Waals surface area contributed by atoms with Gasteiger partial charge in [0.1, 0.15) is 17.3 Å². The second kappa shape index (κ2) is 9.14. The Hall–Kier alpha value is -4.32. The lowest BCUT2D eigenvalue weighted by atomic mass is 9.56. The van der Waals surface area contributed by atoms with Crippen molar-refractivity contribution < 1.29 is 14.6 Å². The minimum atomic E-state index is -0.942. The van der Waals surface area contributed by atoms with Gasteiger partial charge in [0.15, 0.2) is 7.28 Å². The molecule has 0 bridgehead atoms. The molecule has 171 valence electrons. The summed E-state index contributed by atoms with van der Waals surface area (Å²) in [6.07, 6.45) is 7.66. The highest BCUT2D eigenvalue weighted by molar-refractivity contribution is 6.56. The average molecular weight is 459 g/mol. The number of hydrogen-bond donors (Lipinski definition) is 1. The molecule has 1 aliphatic heterocycles. The van der Waals surface area contributed by atoms with Crippen molar-refractivity contribution in [2.45, 2.75) is 19.7 Å². The number of fused-ring (bicyclic) bond motifs is 1. The fourth-order valence-electron chi connectivity index (χ4n) is 4.40. The molecular weight excluding hydrogens is 435 g/mol. The van der Waals surface area contributed by atoms with E-state index in [9.17, 15) is 9.90 Å². The topological polar surface area (TPSA) is 64.4 Å². The molecule has 0 amide bonds. The van der Waals surface area contributed by atoms with Gasteiger partial charge in [-0.15, -0.1) is 0 Å². The number of carbonyl (C=O) groups is 1. The Balaban J connectivity index is 1.49. The number of nitrogens with zero attached hydrogens (tertiary/aromatic N) is 2. The summed E-state index contributed by atoms with van der Waals surface area (Å²) < 4.78 is 8.44. The largest absolute Gasteiger partial charge is 0.478 e. The smallest absolute Gasteiger partial charge is 0.335 e. The molecule has 4 aromatic rings. The maximum Gasteiger partial charge on any atom is 0.335 e. The zero-order valence-electron chi connectivity index (χ0n) is 19.6. The number of ether oxygens (including phenoxy) is 1. The number of aromatic carboxylic acids is 1. The number of rotatable bonds is 6. The van der Waals surface area contributed by atoms with Crippen molar-refractivity contribution in [3.63, 3.8) is 0 Å². The predicted octanol–water partition coefficient (Wildman–Crippen LogP) is 5.42. The van der Waals surface area contributed by atoms with Crippen LogP contribution in [0.15, 0.2) is 91.9 Å². The van der Waals surface area contributed by atoms with Crippen LogP contribution in [0.5, 0.6) is 5.75 Å². The van der Waals surface area contributed by atoms with Crippen molar-refractivity contribution in [3.8, 4) is 11.6 Å². The first-order valence-electron chi connectivity index (χ1n) is 11.4. The fourth-order valence-corrected chi connectivity index (χ4v) is 4.40. The van der Waals surface area contributed by atoms with E-state index in [0.29, 0.717) is 11.2 Å². The van der Waals surface area contributed by atoms with Crippen LogP contribution in [0, 0.1) is 6.92 Å². The molecule has 5 rings (SSSR count). The van der Waals surface area contributed by atoms with Gasteiger partial charge in [-0.3, -0.25) is 0 Å². The van der Waals surface area contributed by atoms with Crippen molar-refractivity contribution in [3.05, 3.63) is 120 Å². The quantitative estimate of drug-likeness (QED) is 0.392. The Morgan fingerprint density at radius 3 is 2.71 bits per heavy atom. The van der Waals surface area contributed by atoms with Gasteiger partial charge in [-0.2, -0.15) is 0 Å². The molecule has 0 fully saturated rings. The molecule has 6 heteroatoms. The van der Waals surface area contributed by atoms with E-state index in [1.54, 1.807) is 18.3 Å². The van der Waals surface area contributed by atoms with E-state index in [1.165, 1.54) is 0 Å². The Morgan fingerprint density at radius 1 is 1.14 bits per heavy atom. The van der Waals surface area contributed by atoms with Crippen molar-refractivity contribution in [2.24, 2.45) is 0 Å². The van der Waals surface area contributed by atoms with E-state index in [4.69, 9.17) is 4.74 Å². The maximum atomic E-state index is 11.7. The highest BCUT2D eigenvalue weighted by Gasteiger charge is 2.25. The summed E-state index contributed by atoms with van der Waals surface area (Å²) in [5, 5.41) is 9.59. The minimum Gasteiger partial charge on any atom is -0.478 e. The molecule has 0 saturated heterocycles. The first kappa shape index (κ1) is 22.5. The summed E-state index contributed by atoms with van der Waals surface area (Å²) in [7, 11) is 1.97. The number of hydrogen-bond acceptors (Lipinski definition) is 3. The van der Waals surface area contributed by atoms with E-state index >= 15 is 0 Å². The zero-order chi connectivity index (χ0) is 24.5. The molecule has 2 aromatic carbocycles. The van der Waals surface area contributed by atoms with Crippen LogP contribution in [0.1, 0.15) is 45.4 Å². The van der Waals surface area contributed by atoms with Gasteiger partial charge in [0.25, 0.3) is 0 Å². The molecule has 0 spiro atoms. The average Bonchev–Trinajstić information content (AvgIpc) is 3.35. The maximum absolute atomic E-state index is 11.7. The normalized spacial score (nSPS) is 13.4. The summed E-state index contributed by atoms with van der Waals surface area (Å²) in [6, 6.07) is 19.0. The second-order valence-electron chi connectivity index (χ2n) is 8.71. The number of pyridine rings is 1. The third kappa shape index (κ3) is 4.43. The van der Waals surface area contributed by atoms with Crippen molar-refractivity contribution in [1.29, 1.82) is 0 Å². The Kier molecular flexibility index (Phi) is 5.87. The van der Waals surface area contributed by atoms with Crippen LogP contribution in [0.25, 0.3) is 17.2 Å². The summed E-state index contributed by atoms with van der Waals surface area (Å²) >= 11 is 0. The van der Waals surface area contributed by atoms with Gasteiger partial charge in [0.2, 0.25) is 0 Å². The molecule has 1 radical (unpaired) electrons. The summed E-state index contributed by atoms with van der Waals surface area (Å²) in [4.78, 5) is 16.1. The summed E-state index contributed by atoms with van der Waals surface area (Å²) in [5.74, 6) is 1.25. The minimum absolute atomic E-state index is 0.0885. The molecular formula is C29H24BN2O3. The third-order valence-corrected chi connectivity index (χ3v) is 6.13. The lowest BCUT2D eigenvalue weighted by molar-refractivity contribution is 0.0698. The molecule has 1 aliphatic rings. The Labute approximate surface area is 205 Å². The number of carboxylic acids is 1. The zero-order valence-corrected chi connectivity index (χ0v) is 19.6. The molecule has 0 aliphatic carbocycles. The Bertz CT molecular complexity index is 1470. The van der Waals surface area contributed by atoms with Crippen LogP contribution in [0.4, 0.5) is 0 Å². The Morgan fingerprint density at radius 2 is 1.94 bits per heavy atom. The lowest BCUT2D eigenvalue weighted by Crippen LogP contribution is -2.27. The highest BCUT2D eigenvalue weighted by Crippen LogP contribution is 2.42. The van der Waals surface area contributed by atoms with Gasteiger partial charge in [-0.05, 0) is 65.8 Å². The van der Waals surface area contributed by atoms with Gasteiger partial charge in [-0.25, -0.2) is 9.78 Å². The molecule has 0 saturated carbocycles.